The number of aromatic nitrogens is 1. The molecule has 0 aliphatic carbocycles. The molecule has 34 heavy (non-hydrogen) atoms. The maximum Gasteiger partial charge on any atom is 0.337 e. The first kappa shape index (κ1) is 25.1. The van der Waals surface area contributed by atoms with Gasteiger partial charge in [0.05, 0.1) is 12.2 Å². The number of likely N-dealkylation sites (tertiary alicyclic amines) is 1. The van der Waals surface area contributed by atoms with Crippen LogP contribution < -0.4 is 0 Å². The number of carbonyl (C=O) groups is 2. The van der Waals surface area contributed by atoms with Crippen LogP contribution >= 0.6 is 0 Å². The molecule has 1 aromatic heterocycles. The Morgan fingerprint density at radius 3 is 2.59 bits per heavy atom. The van der Waals surface area contributed by atoms with Crippen molar-refractivity contribution in [1.82, 2.24) is 9.88 Å². The fourth-order valence-corrected chi connectivity index (χ4v) is 3.44. The van der Waals surface area contributed by atoms with E-state index in [9.17, 15) is 9.59 Å². The summed E-state index contributed by atoms with van der Waals surface area (Å²) in [6.45, 7) is 3.32. The van der Waals surface area contributed by atoms with E-state index >= 15 is 0 Å². The van der Waals surface area contributed by atoms with Gasteiger partial charge in [0.2, 0.25) is 0 Å². The highest BCUT2D eigenvalue weighted by atomic mass is 16.7. The molecule has 1 aliphatic heterocycles. The van der Waals surface area contributed by atoms with Crippen LogP contribution in [-0.2, 0) is 30.5 Å². The number of carboxylic acid groups (broad SMARTS) is 1. The van der Waals surface area contributed by atoms with Crippen LogP contribution in [0.5, 0.6) is 0 Å². The molecule has 0 spiro atoms. The number of piperidine rings is 1. The summed E-state index contributed by atoms with van der Waals surface area (Å²) in [6.07, 6.45) is 7.84. The zero-order valence-electron chi connectivity index (χ0n) is 18.9. The van der Waals surface area contributed by atoms with Crippen LogP contribution in [0.1, 0.15) is 30.4 Å². The zero-order valence-corrected chi connectivity index (χ0v) is 18.9. The number of ether oxygens (including phenoxy) is 2. The normalized spacial score (nSPS) is 15.7. The molecular formula is C25H29N3O6. The lowest BCUT2D eigenvalue weighted by Gasteiger charge is -2.30. The topological polar surface area (TPSA) is 111 Å². The number of nitrogens with zero attached hydrogens (tertiary/aromatic N) is 3. The molecule has 1 aliphatic rings. The Morgan fingerprint density at radius 1 is 1.09 bits per heavy atom. The van der Waals surface area contributed by atoms with Crippen molar-refractivity contribution in [3.63, 3.8) is 0 Å². The average Bonchev–Trinajstić information content (AvgIpc) is 2.87. The van der Waals surface area contributed by atoms with E-state index in [1.54, 1.807) is 18.3 Å². The molecule has 0 saturated carbocycles. The van der Waals surface area contributed by atoms with Gasteiger partial charge in [0.1, 0.15) is 12.7 Å². The predicted molar refractivity (Wildman–Crippen MR) is 125 cm³/mol. The molecule has 2 heterocycles. The summed E-state index contributed by atoms with van der Waals surface area (Å²) >= 11 is 0. The van der Waals surface area contributed by atoms with Crippen LogP contribution in [0.3, 0.4) is 0 Å². The molecule has 0 radical (unpaired) electrons. The van der Waals surface area contributed by atoms with Crippen molar-refractivity contribution in [3.8, 4) is 0 Å². The van der Waals surface area contributed by atoms with Gasteiger partial charge in [-0.2, -0.15) is 0 Å². The van der Waals surface area contributed by atoms with E-state index in [-0.39, 0.29) is 18.6 Å². The van der Waals surface area contributed by atoms with Gasteiger partial charge >= 0.3 is 11.9 Å². The lowest BCUT2D eigenvalue weighted by atomic mass is 10.1. The maximum absolute atomic E-state index is 12.0. The smallest absolute Gasteiger partial charge is 0.337 e. The van der Waals surface area contributed by atoms with Crippen LogP contribution in [0.2, 0.25) is 0 Å². The minimum atomic E-state index is -1.26. The molecule has 1 aromatic carbocycles. The third-order valence-corrected chi connectivity index (χ3v) is 5.11. The van der Waals surface area contributed by atoms with Crippen molar-refractivity contribution < 1.29 is 29.0 Å². The van der Waals surface area contributed by atoms with E-state index < -0.39 is 11.9 Å². The molecule has 0 amide bonds. The van der Waals surface area contributed by atoms with Gasteiger partial charge in [0.25, 0.3) is 5.90 Å². The summed E-state index contributed by atoms with van der Waals surface area (Å²) in [7, 11) is 0. The lowest BCUT2D eigenvalue weighted by molar-refractivity contribution is -0.133. The monoisotopic (exact) mass is 467 g/mol. The van der Waals surface area contributed by atoms with Gasteiger partial charge in [-0.1, -0.05) is 36.8 Å². The summed E-state index contributed by atoms with van der Waals surface area (Å²) < 4.78 is 11.3. The first-order chi connectivity index (χ1) is 16.6. The second-order valence-corrected chi connectivity index (χ2v) is 7.81. The van der Waals surface area contributed by atoms with Crippen LogP contribution in [0.25, 0.3) is 0 Å². The SMILES string of the molecule is O=C(O)/C=C\C(=O)OC(=NOCC(CN1CCCCC1)OCc1ccccc1)c1cccnc1. The molecule has 1 atom stereocenters. The third kappa shape index (κ3) is 9.13. The number of rotatable bonds is 11. The Morgan fingerprint density at radius 2 is 1.88 bits per heavy atom. The Balaban J connectivity index is 1.66. The van der Waals surface area contributed by atoms with E-state index in [0.717, 1.165) is 37.6 Å². The first-order valence-electron chi connectivity index (χ1n) is 11.2. The second-order valence-electron chi connectivity index (χ2n) is 7.81. The molecule has 2 aromatic rings. The number of hydrogen-bond donors (Lipinski definition) is 1. The van der Waals surface area contributed by atoms with E-state index in [0.29, 0.717) is 24.8 Å². The summed E-state index contributed by atoms with van der Waals surface area (Å²) in [6, 6.07) is 13.2. The van der Waals surface area contributed by atoms with Crippen LogP contribution in [0.15, 0.2) is 72.2 Å². The number of carbonyl (C=O) groups excluding carboxylic acids is 1. The number of oxime groups is 1. The summed E-state index contributed by atoms with van der Waals surface area (Å²) in [5.41, 5.74) is 1.47. The van der Waals surface area contributed by atoms with Gasteiger partial charge in [-0.15, -0.1) is 0 Å². The lowest BCUT2D eigenvalue weighted by Crippen LogP contribution is -2.39. The van der Waals surface area contributed by atoms with Gasteiger partial charge in [0.15, 0.2) is 0 Å². The molecule has 180 valence electrons. The zero-order chi connectivity index (χ0) is 24.0. The Bertz CT molecular complexity index is 959. The van der Waals surface area contributed by atoms with Gasteiger partial charge < -0.3 is 24.3 Å². The Kier molecular flexibility index (Phi) is 10.2. The highest BCUT2D eigenvalue weighted by Gasteiger charge is 2.19. The summed E-state index contributed by atoms with van der Waals surface area (Å²) in [4.78, 5) is 34.6. The summed E-state index contributed by atoms with van der Waals surface area (Å²) in [5, 5.41) is 12.7. The van der Waals surface area contributed by atoms with E-state index in [1.807, 2.05) is 30.3 Å². The molecule has 1 fully saturated rings. The van der Waals surface area contributed by atoms with E-state index in [1.165, 1.54) is 12.6 Å². The number of pyridine rings is 1. The van der Waals surface area contributed by atoms with E-state index in [4.69, 9.17) is 19.4 Å². The largest absolute Gasteiger partial charge is 0.478 e. The minimum Gasteiger partial charge on any atom is -0.478 e. The van der Waals surface area contributed by atoms with Crippen molar-refractivity contribution in [2.45, 2.75) is 32.0 Å². The molecular weight excluding hydrogens is 438 g/mol. The first-order valence-corrected chi connectivity index (χ1v) is 11.2. The van der Waals surface area contributed by atoms with Crippen LogP contribution in [-0.4, -0.2) is 65.2 Å². The number of benzene rings is 1. The van der Waals surface area contributed by atoms with Crippen molar-refractivity contribution >= 4 is 17.8 Å². The molecule has 1 saturated heterocycles. The van der Waals surface area contributed by atoms with Crippen LogP contribution in [0.4, 0.5) is 0 Å². The standard InChI is InChI=1S/C25H29N3O6/c29-23(30)11-12-24(31)34-25(21-10-7-13-26-16-21)27-33-19-22(17-28-14-5-2-6-15-28)32-18-20-8-3-1-4-9-20/h1,3-4,7-13,16,22H,2,5-6,14-15,17-19H2,(H,29,30)/b12-11-,27-25?. The number of aliphatic carboxylic acids is 1. The van der Waals surface area contributed by atoms with Crippen molar-refractivity contribution in [2.24, 2.45) is 5.16 Å². The van der Waals surface area contributed by atoms with Gasteiger partial charge in [-0.3, -0.25) is 4.98 Å². The molecule has 0 bridgehead atoms. The molecule has 1 unspecified atom stereocenters. The van der Waals surface area contributed by atoms with Crippen molar-refractivity contribution in [2.75, 3.05) is 26.2 Å². The Hall–Kier alpha value is -3.56. The molecule has 9 nitrogen and oxygen atoms in total. The molecule has 3 rings (SSSR count). The highest BCUT2D eigenvalue weighted by Crippen LogP contribution is 2.12. The summed E-state index contributed by atoms with van der Waals surface area (Å²) in [5.74, 6) is -2.27. The number of hydrogen-bond acceptors (Lipinski definition) is 8. The van der Waals surface area contributed by atoms with Gasteiger partial charge in [-0.25, -0.2) is 9.59 Å². The average molecular weight is 468 g/mol. The quantitative estimate of drug-likeness (QED) is 0.177. The minimum absolute atomic E-state index is 0.118. The van der Waals surface area contributed by atoms with Gasteiger partial charge in [-0.05, 0) is 48.8 Å². The van der Waals surface area contributed by atoms with E-state index in [2.05, 4.69) is 15.0 Å². The maximum atomic E-state index is 12.0. The second kappa shape index (κ2) is 13.9. The molecule has 1 N–H and O–H groups in total. The van der Waals surface area contributed by atoms with Gasteiger partial charge in [0, 0.05) is 31.1 Å². The molecule has 9 heteroatoms. The fourth-order valence-electron chi connectivity index (χ4n) is 3.44. The highest BCUT2D eigenvalue weighted by molar-refractivity contribution is 6.03. The Labute approximate surface area is 198 Å². The van der Waals surface area contributed by atoms with Crippen molar-refractivity contribution in [3.05, 3.63) is 78.1 Å². The predicted octanol–water partition coefficient (Wildman–Crippen LogP) is 3.02. The third-order valence-electron chi connectivity index (χ3n) is 5.11. The number of carboxylic acids is 1. The van der Waals surface area contributed by atoms with Crippen LogP contribution in [0, 0.1) is 0 Å². The van der Waals surface area contributed by atoms with Crippen molar-refractivity contribution in [1.29, 1.82) is 0 Å². The number of esters is 1. The fraction of sp³-hybridized carbons (Fsp3) is 0.360.